The Morgan fingerprint density at radius 1 is 1.07 bits per heavy atom. The van der Waals surface area contributed by atoms with Crippen molar-refractivity contribution in [1.82, 2.24) is 5.01 Å². The van der Waals surface area contributed by atoms with Crippen molar-refractivity contribution in [2.24, 2.45) is 10.1 Å². The summed E-state index contributed by atoms with van der Waals surface area (Å²) in [6.07, 6.45) is 3.94. The number of hydrogen-bond acceptors (Lipinski definition) is 6. The molecule has 7 heteroatoms. The van der Waals surface area contributed by atoms with E-state index < -0.39 is 0 Å². The molecule has 148 valence electrons. The lowest BCUT2D eigenvalue weighted by molar-refractivity contribution is 0.267. The molecule has 1 unspecified atom stereocenters. The highest BCUT2D eigenvalue weighted by molar-refractivity contribution is 8.18. The van der Waals surface area contributed by atoms with E-state index >= 15 is 0 Å². The monoisotopic (exact) mass is 415 g/mol. The van der Waals surface area contributed by atoms with Gasteiger partial charge in [0.1, 0.15) is 11.5 Å². The van der Waals surface area contributed by atoms with Crippen molar-refractivity contribution in [3.05, 3.63) is 94.8 Å². The zero-order valence-electron chi connectivity index (χ0n) is 15.8. The molecule has 0 saturated carbocycles. The Balaban J connectivity index is 1.60. The average Bonchev–Trinajstić information content (AvgIpc) is 3.49. The maximum atomic E-state index is 12.2. The summed E-state index contributed by atoms with van der Waals surface area (Å²) in [6, 6.07) is 20.4. The second kappa shape index (κ2) is 7.68. The Bertz CT molecular complexity index is 1180. The highest BCUT2D eigenvalue weighted by atomic mass is 32.2. The number of amides is 1. The van der Waals surface area contributed by atoms with E-state index in [2.05, 4.69) is 4.99 Å². The van der Waals surface area contributed by atoms with Crippen LogP contribution in [-0.2, 0) is 0 Å². The highest BCUT2D eigenvalue weighted by Gasteiger charge is 2.37. The molecule has 0 aliphatic carbocycles. The van der Waals surface area contributed by atoms with E-state index in [1.807, 2.05) is 48.5 Å². The van der Waals surface area contributed by atoms with Crippen LogP contribution in [0.1, 0.15) is 29.3 Å². The lowest BCUT2D eigenvalue weighted by Gasteiger charge is -2.24. The number of carbonyl (C=O) groups is 1. The molecule has 2 aromatic carbocycles. The van der Waals surface area contributed by atoms with Crippen LogP contribution in [0.15, 0.2) is 92.4 Å². The standard InChI is InChI=1S/C23H17N3O3S/c27-20-11-5-4-10-17(20)19-14-18(15-7-2-1-3-8-15)25-26(19)22-21(30-23(28)24-22)13-16-9-6-12-29-16/h1-13,19,27H,14H2/b21-13-. The van der Waals surface area contributed by atoms with Gasteiger partial charge in [-0.1, -0.05) is 48.5 Å². The normalized spacial score (nSPS) is 20.0. The van der Waals surface area contributed by atoms with Crippen molar-refractivity contribution < 1.29 is 14.3 Å². The van der Waals surface area contributed by atoms with Gasteiger partial charge in [-0.2, -0.15) is 10.1 Å². The maximum absolute atomic E-state index is 12.2. The quantitative estimate of drug-likeness (QED) is 0.616. The van der Waals surface area contributed by atoms with Crippen molar-refractivity contribution in [3.8, 4) is 5.75 Å². The Kier molecular flexibility index (Phi) is 4.72. The number of carbonyl (C=O) groups excluding carboxylic acids is 1. The minimum absolute atomic E-state index is 0.186. The van der Waals surface area contributed by atoms with Gasteiger partial charge in [0.15, 0.2) is 5.84 Å². The molecule has 0 saturated heterocycles. The van der Waals surface area contributed by atoms with Crippen molar-refractivity contribution in [1.29, 1.82) is 0 Å². The van der Waals surface area contributed by atoms with Crippen molar-refractivity contribution in [2.45, 2.75) is 12.5 Å². The van der Waals surface area contributed by atoms with E-state index in [0.29, 0.717) is 22.9 Å². The van der Waals surface area contributed by atoms with Crippen molar-refractivity contribution >= 4 is 34.6 Å². The van der Waals surface area contributed by atoms with E-state index in [9.17, 15) is 9.90 Å². The third kappa shape index (κ3) is 3.44. The largest absolute Gasteiger partial charge is 0.508 e. The van der Waals surface area contributed by atoms with Gasteiger partial charge in [0.05, 0.1) is 22.9 Å². The molecule has 1 atom stereocenters. The molecule has 0 spiro atoms. The topological polar surface area (TPSA) is 78.4 Å². The Morgan fingerprint density at radius 3 is 2.63 bits per heavy atom. The molecule has 0 bridgehead atoms. The van der Waals surface area contributed by atoms with Gasteiger partial charge in [0, 0.05) is 12.0 Å². The molecule has 1 aromatic heterocycles. The molecule has 1 amide bonds. The van der Waals surface area contributed by atoms with E-state index in [0.717, 1.165) is 28.6 Å². The number of phenolic OH excluding ortho intramolecular Hbond substituents is 1. The second-order valence-corrected chi connectivity index (χ2v) is 7.86. The number of furan rings is 1. The smallest absolute Gasteiger partial charge is 0.311 e. The summed E-state index contributed by atoms with van der Waals surface area (Å²) in [5.74, 6) is 1.28. The molecule has 2 aliphatic heterocycles. The first-order valence-electron chi connectivity index (χ1n) is 9.45. The fraction of sp³-hybridized carbons (Fsp3) is 0.0870. The van der Waals surface area contributed by atoms with Gasteiger partial charge in [-0.3, -0.25) is 4.79 Å². The summed E-state index contributed by atoms with van der Waals surface area (Å²) in [4.78, 5) is 17.1. The predicted molar refractivity (Wildman–Crippen MR) is 117 cm³/mol. The van der Waals surface area contributed by atoms with Crippen LogP contribution >= 0.6 is 11.8 Å². The summed E-state index contributed by atoms with van der Waals surface area (Å²) in [5.41, 5.74) is 2.60. The summed E-state index contributed by atoms with van der Waals surface area (Å²) < 4.78 is 5.41. The number of phenols is 1. The number of benzene rings is 2. The molecule has 0 fully saturated rings. The number of para-hydroxylation sites is 1. The first kappa shape index (κ1) is 18.4. The SMILES string of the molecule is O=C1N=C(N2N=C(c3ccccc3)CC2c2ccccc2O)/C(=C/c2ccco2)S1. The molecule has 0 radical (unpaired) electrons. The number of aliphatic imine (C=N–C) groups is 1. The van der Waals surface area contributed by atoms with E-state index in [1.165, 1.54) is 0 Å². The van der Waals surface area contributed by atoms with Crippen molar-refractivity contribution in [3.63, 3.8) is 0 Å². The Morgan fingerprint density at radius 2 is 1.87 bits per heavy atom. The number of aromatic hydroxyl groups is 1. The van der Waals surface area contributed by atoms with Crippen LogP contribution in [0.3, 0.4) is 0 Å². The van der Waals surface area contributed by atoms with Crippen LogP contribution in [0.5, 0.6) is 5.75 Å². The first-order valence-corrected chi connectivity index (χ1v) is 10.3. The van der Waals surface area contributed by atoms with Crippen LogP contribution in [0.4, 0.5) is 4.79 Å². The van der Waals surface area contributed by atoms with Crippen molar-refractivity contribution in [2.75, 3.05) is 0 Å². The van der Waals surface area contributed by atoms with Gasteiger partial charge >= 0.3 is 5.24 Å². The summed E-state index contributed by atoms with van der Waals surface area (Å²) in [5, 5.41) is 16.8. The zero-order valence-corrected chi connectivity index (χ0v) is 16.6. The molecule has 3 aromatic rings. The highest BCUT2D eigenvalue weighted by Crippen LogP contribution is 2.41. The van der Waals surface area contributed by atoms with Gasteiger partial charge < -0.3 is 9.52 Å². The minimum atomic E-state index is -0.304. The predicted octanol–water partition coefficient (Wildman–Crippen LogP) is 5.44. The second-order valence-electron chi connectivity index (χ2n) is 6.86. The van der Waals surface area contributed by atoms with Gasteiger partial charge in [-0.05, 0) is 41.6 Å². The summed E-state index contributed by atoms with van der Waals surface area (Å²) in [6.45, 7) is 0. The molecular formula is C23H17N3O3S. The number of hydrogen-bond donors (Lipinski definition) is 1. The van der Waals surface area contributed by atoms with Gasteiger partial charge in [-0.15, -0.1) is 0 Å². The number of nitrogens with zero attached hydrogens (tertiary/aromatic N) is 3. The lowest BCUT2D eigenvalue weighted by Crippen LogP contribution is -2.26. The molecule has 3 heterocycles. The number of rotatable bonds is 3. The molecule has 1 N–H and O–H groups in total. The fourth-order valence-electron chi connectivity index (χ4n) is 3.59. The van der Waals surface area contributed by atoms with Crippen LogP contribution in [0.25, 0.3) is 6.08 Å². The van der Waals surface area contributed by atoms with Crippen LogP contribution in [-0.4, -0.2) is 26.9 Å². The Labute approximate surface area is 177 Å². The average molecular weight is 415 g/mol. The van der Waals surface area contributed by atoms with Gasteiger partial charge in [0.25, 0.3) is 0 Å². The number of amidine groups is 1. The molecule has 30 heavy (non-hydrogen) atoms. The summed E-state index contributed by atoms with van der Waals surface area (Å²) >= 11 is 1.04. The van der Waals surface area contributed by atoms with E-state index in [-0.39, 0.29) is 17.0 Å². The van der Waals surface area contributed by atoms with E-state index in [1.54, 1.807) is 35.5 Å². The van der Waals surface area contributed by atoms with Crippen LogP contribution < -0.4 is 0 Å². The first-order chi connectivity index (χ1) is 14.7. The molecule has 6 nitrogen and oxygen atoms in total. The third-order valence-electron chi connectivity index (χ3n) is 4.96. The molecular weight excluding hydrogens is 398 g/mol. The number of thioether (sulfide) groups is 1. The minimum Gasteiger partial charge on any atom is -0.508 e. The lowest BCUT2D eigenvalue weighted by atomic mass is 9.97. The molecule has 5 rings (SSSR count). The van der Waals surface area contributed by atoms with Gasteiger partial charge in [-0.25, -0.2) is 5.01 Å². The fourth-order valence-corrected chi connectivity index (χ4v) is 4.31. The maximum Gasteiger partial charge on any atom is 0.311 e. The van der Waals surface area contributed by atoms with Gasteiger partial charge in [0.2, 0.25) is 0 Å². The number of hydrazone groups is 1. The van der Waals surface area contributed by atoms with Crippen LogP contribution in [0.2, 0.25) is 0 Å². The zero-order chi connectivity index (χ0) is 20.5. The molecule has 2 aliphatic rings. The van der Waals surface area contributed by atoms with Crippen LogP contribution in [0, 0.1) is 0 Å². The third-order valence-corrected chi connectivity index (χ3v) is 5.75. The summed E-state index contributed by atoms with van der Waals surface area (Å²) in [7, 11) is 0. The van der Waals surface area contributed by atoms with E-state index in [4.69, 9.17) is 9.52 Å². The Hall–Kier alpha value is -3.58.